The maximum atomic E-state index is 13.8. The third-order valence-corrected chi connectivity index (χ3v) is 2.73. The molecular weight excluding hydrogens is 281 g/mol. The molecule has 1 aromatic carbocycles. The normalized spacial score (nSPS) is 11.6. The number of hydrogen-bond donors (Lipinski definition) is 2. The van der Waals surface area contributed by atoms with Gasteiger partial charge in [-0.1, -0.05) is 13.3 Å². The van der Waals surface area contributed by atoms with Crippen LogP contribution in [0.2, 0.25) is 0 Å². The molecule has 2 N–H and O–H groups in total. The van der Waals surface area contributed by atoms with Gasteiger partial charge in [-0.2, -0.15) is 0 Å². The van der Waals surface area contributed by atoms with Gasteiger partial charge in [0.15, 0.2) is 6.04 Å². The molecule has 0 radical (unpaired) electrons. The fraction of sp³-hybridized carbons (Fsp3) is 0.429. The van der Waals surface area contributed by atoms with E-state index in [9.17, 15) is 19.1 Å². The van der Waals surface area contributed by atoms with Gasteiger partial charge in [0.25, 0.3) is 0 Å². The van der Waals surface area contributed by atoms with Crippen LogP contribution in [0.25, 0.3) is 0 Å². The Kier molecular flexibility index (Phi) is 6.45. The van der Waals surface area contributed by atoms with Crippen LogP contribution in [0.3, 0.4) is 0 Å². The first-order valence-corrected chi connectivity index (χ1v) is 6.49. The summed E-state index contributed by atoms with van der Waals surface area (Å²) in [6.45, 7) is 2.14. The van der Waals surface area contributed by atoms with Gasteiger partial charge in [0.1, 0.15) is 11.6 Å². The van der Waals surface area contributed by atoms with Crippen molar-refractivity contribution in [2.45, 2.75) is 25.8 Å². The standard InChI is InChI=1S/C14H18FNO5/c1-3-4-7-21-14(19)16-12(13(18)20-2)10-6-5-9(17)8-11(10)15/h5-6,8,12,17H,3-4,7H2,1-2H3,(H,16,19). The van der Waals surface area contributed by atoms with Gasteiger partial charge < -0.3 is 19.9 Å². The predicted molar refractivity (Wildman–Crippen MR) is 72.2 cm³/mol. The maximum Gasteiger partial charge on any atom is 0.408 e. The van der Waals surface area contributed by atoms with Crippen molar-refractivity contribution >= 4 is 12.1 Å². The third kappa shape index (κ3) is 4.94. The minimum absolute atomic E-state index is 0.118. The van der Waals surface area contributed by atoms with Crippen molar-refractivity contribution in [2.75, 3.05) is 13.7 Å². The van der Waals surface area contributed by atoms with Gasteiger partial charge in [-0.3, -0.25) is 0 Å². The van der Waals surface area contributed by atoms with Gasteiger partial charge >= 0.3 is 12.1 Å². The average molecular weight is 299 g/mol. The topological polar surface area (TPSA) is 84.9 Å². The number of methoxy groups -OCH3 is 1. The second-order valence-corrected chi connectivity index (χ2v) is 4.30. The molecule has 116 valence electrons. The van der Waals surface area contributed by atoms with E-state index in [0.717, 1.165) is 19.6 Å². The summed E-state index contributed by atoms with van der Waals surface area (Å²) < 4.78 is 23.2. The molecule has 0 bridgehead atoms. The van der Waals surface area contributed by atoms with E-state index < -0.39 is 23.9 Å². The molecule has 21 heavy (non-hydrogen) atoms. The Labute approximate surface area is 121 Å². The summed E-state index contributed by atoms with van der Waals surface area (Å²) in [7, 11) is 1.12. The fourth-order valence-corrected chi connectivity index (χ4v) is 1.60. The van der Waals surface area contributed by atoms with Crippen LogP contribution in [-0.2, 0) is 14.3 Å². The largest absolute Gasteiger partial charge is 0.508 e. The lowest BCUT2D eigenvalue weighted by Gasteiger charge is -2.17. The first kappa shape index (κ1) is 16.7. The number of ether oxygens (including phenoxy) is 2. The Hall–Kier alpha value is -2.31. The number of hydrogen-bond acceptors (Lipinski definition) is 5. The highest BCUT2D eigenvalue weighted by molar-refractivity contribution is 5.82. The Morgan fingerprint density at radius 1 is 1.43 bits per heavy atom. The van der Waals surface area contributed by atoms with Crippen LogP contribution in [0.1, 0.15) is 31.4 Å². The molecule has 0 aliphatic rings. The van der Waals surface area contributed by atoms with E-state index in [-0.39, 0.29) is 17.9 Å². The van der Waals surface area contributed by atoms with Crippen LogP contribution in [0.15, 0.2) is 18.2 Å². The second-order valence-electron chi connectivity index (χ2n) is 4.30. The smallest absolute Gasteiger partial charge is 0.408 e. The van der Waals surface area contributed by atoms with E-state index in [2.05, 4.69) is 10.1 Å². The summed E-state index contributed by atoms with van der Waals surface area (Å²) in [6.07, 6.45) is 0.691. The highest BCUT2D eigenvalue weighted by atomic mass is 19.1. The number of alkyl carbamates (subject to hydrolysis) is 1. The summed E-state index contributed by atoms with van der Waals surface area (Å²) in [4.78, 5) is 23.3. The number of phenolic OH excluding ortho intramolecular Hbond substituents is 1. The van der Waals surface area contributed by atoms with Crippen molar-refractivity contribution in [3.63, 3.8) is 0 Å². The lowest BCUT2D eigenvalue weighted by Crippen LogP contribution is -2.35. The summed E-state index contributed by atoms with van der Waals surface area (Å²) in [6, 6.07) is 1.90. The SMILES string of the molecule is CCCCOC(=O)NC(C(=O)OC)c1ccc(O)cc1F. The van der Waals surface area contributed by atoms with Crippen molar-refractivity contribution in [3.8, 4) is 5.75 Å². The molecule has 1 aromatic rings. The fourth-order valence-electron chi connectivity index (χ4n) is 1.60. The van der Waals surface area contributed by atoms with Gasteiger partial charge in [0.2, 0.25) is 0 Å². The molecule has 1 atom stereocenters. The van der Waals surface area contributed by atoms with Gasteiger partial charge in [-0.25, -0.2) is 14.0 Å². The Morgan fingerprint density at radius 2 is 2.14 bits per heavy atom. The highest BCUT2D eigenvalue weighted by Gasteiger charge is 2.27. The van der Waals surface area contributed by atoms with E-state index in [0.29, 0.717) is 6.42 Å². The molecule has 0 aliphatic carbocycles. The molecule has 1 rings (SSSR count). The van der Waals surface area contributed by atoms with Crippen molar-refractivity contribution in [2.24, 2.45) is 0 Å². The van der Waals surface area contributed by atoms with Crippen LogP contribution < -0.4 is 5.32 Å². The Bertz CT molecular complexity index is 506. The maximum absolute atomic E-state index is 13.8. The highest BCUT2D eigenvalue weighted by Crippen LogP contribution is 2.22. The van der Waals surface area contributed by atoms with Crippen molar-refractivity contribution in [1.29, 1.82) is 0 Å². The van der Waals surface area contributed by atoms with E-state index in [1.54, 1.807) is 0 Å². The molecule has 0 saturated carbocycles. The van der Waals surface area contributed by atoms with Crippen molar-refractivity contribution in [1.82, 2.24) is 5.32 Å². The van der Waals surface area contributed by atoms with Crippen LogP contribution in [0.4, 0.5) is 9.18 Å². The van der Waals surface area contributed by atoms with E-state index in [1.165, 1.54) is 12.1 Å². The molecule has 0 aliphatic heterocycles. The van der Waals surface area contributed by atoms with Gasteiger partial charge in [0.05, 0.1) is 13.7 Å². The number of carbonyl (C=O) groups excluding carboxylic acids is 2. The number of nitrogens with one attached hydrogen (secondary N) is 1. The quantitative estimate of drug-likeness (QED) is 0.622. The summed E-state index contributed by atoms with van der Waals surface area (Å²) in [5, 5.41) is 11.4. The molecular formula is C14H18FNO5. The number of phenols is 1. The number of esters is 1. The molecule has 0 saturated heterocycles. The zero-order chi connectivity index (χ0) is 15.8. The molecule has 6 nitrogen and oxygen atoms in total. The van der Waals surface area contributed by atoms with E-state index in [1.807, 2.05) is 6.92 Å². The monoisotopic (exact) mass is 299 g/mol. The average Bonchev–Trinajstić information content (AvgIpc) is 2.45. The first-order chi connectivity index (χ1) is 9.99. The molecule has 0 spiro atoms. The number of carbonyl (C=O) groups is 2. The summed E-state index contributed by atoms with van der Waals surface area (Å²) in [5.74, 6) is -1.96. The molecule has 0 aromatic heterocycles. The minimum Gasteiger partial charge on any atom is -0.508 e. The van der Waals surface area contributed by atoms with E-state index >= 15 is 0 Å². The third-order valence-electron chi connectivity index (χ3n) is 2.73. The van der Waals surface area contributed by atoms with Crippen LogP contribution in [0, 0.1) is 5.82 Å². The summed E-state index contributed by atoms with van der Waals surface area (Å²) in [5.41, 5.74) is -0.118. The lowest BCUT2D eigenvalue weighted by molar-refractivity contribution is -0.143. The van der Waals surface area contributed by atoms with Crippen molar-refractivity contribution < 1.29 is 28.6 Å². The number of amides is 1. The Morgan fingerprint density at radius 3 is 2.71 bits per heavy atom. The molecule has 7 heteroatoms. The first-order valence-electron chi connectivity index (χ1n) is 6.49. The van der Waals surface area contributed by atoms with Crippen LogP contribution >= 0.6 is 0 Å². The molecule has 0 fully saturated rings. The predicted octanol–water partition coefficient (Wildman–Crippen LogP) is 2.27. The minimum atomic E-state index is -1.34. The summed E-state index contributed by atoms with van der Waals surface area (Å²) >= 11 is 0. The zero-order valence-corrected chi connectivity index (χ0v) is 11.9. The van der Waals surface area contributed by atoms with Crippen molar-refractivity contribution in [3.05, 3.63) is 29.6 Å². The number of aromatic hydroxyl groups is 1. The van der Waals surface area contributed by atoms with Crippen LogP contribution in [-0.4, -0.2) is 30.9 Å². The van der Waals surface area contributed by atoms with Gasteiger partial charge in [-0.05, 0) is 18.6 Å². The number of rotatable bonds is 6. The zero-order valence-electron chi connectivity index (χ0n) is 11.9. The lowest BCUT2D eigenvalue weighted by atomic mass is 10.1. The molecule has 1 amide bonds. The molecule has 0 heterocycles. The number of halogens is 1. The van der Waals surface area contributed by atoms with Gasteiger partial charge in [-0.15, -0.1) is 0 Å². The van der Waals surface area contributed by atoms with E-state index in [4.69, 9.17) is 4.74 Å². The Balaban J connectivity index is 2.86. The molecule has 1 unspecified atom stereocenters. The van der Waals surface area contributed by atoms with Gasteiger partial charge in [0, 0.05) is 11.6 Å². The second kappa shape index (κ2) is 8.08. The number of benzene rings is 1. The van der Waals surface area contributed by atoms with Crippen LogP contribution in [0.5, 0.6) is 5.75 Å². The number of unbranched alkanes of at least 4 members (excludes halogenated alkanes) is 1.